The molecule has 31 heavy (non-hydrogen) atoms. The second kappa shape index (κ2) is 8.17. The quantitative estimate of drug-likeness (QED) is 0.209. The lowest BCUT2D eigenvalue weighted by Crippen LogP contribution is -2.27. The lowest BCUT2D eigenvalue weighted by atomic mass is 10.0. The molecule has 0 saturated carbocycles. The maximum absolute atomic E-state index is 12.8. The Balaban J connectivity index is 1.57. The van der Waals surface area contributed by atoms with Gasteiger partial charge in [0, 0.05) is 35.8 Å². The Labute approximate surface area is 190 Å². The molecule has 1 fully saturated rings. The molecule has 0 radical (unpaired) electrons. The monoisotopic (exact) mass is 440 g/mol. The smallest absolute Gasteiger partial charge is 0.266 e. The van der Waals surface area contributed by atoms with Gasteiger partial charge in [-0.15, -0.1) is 6.58 Å². The highest BCUT2D eigenvalue weighted by molar-refractivity contribution is 8.26. The number of thioether (sulfide) groups is 1. The maximum atomic E-state index is 12.8. The SMILES string of the molecule is C=CCN1C(=O)/C(=C/c2cn(Cc3cccc4ccccc34)c3ccccc23)SC1=S. The number of fused-ring (bicyclic) bond motifs is 2. The summed E-state index contributed by atoms with van der Waals surface area (Å²) in [6.45, 7) is 4.91. The molecule has 1 saturated heterocycles. The van der Waals surface area contributed by atoms with Gasteiger partial charge in [-0.1, -0.05) is 90.7 Å². The zero-order valence-corrected chi connectivity index (χ0v) is 18.5. The van der Waals surface area contributed by atoms with Gasteiger partial charge in [0.15, 0.2) is 0 Å². The predicted molar refractivity (Wildman–Crippen MR) is 135 cm³/mol. The van der Waals surface area contributed by atoms with Crippen molar-refractivity contribution in [1.82, 2.24) is 9.47 Å². The van der Waals surface area contributed by atoms with Crippen molar-refractivity contribution in [2.75, 3.05) is 6.54 Å². The summed E-state index contributed by atoms with van der Waals surface area (Å²) in [4.78, 5) is 15.0. The zero-order valence-electron chi connectivity index (χ0n) is 16.8. The second-order valence-corrected chi connectivity index (χ2v) is 9.12. The van der Waals surface area contributed by atoms with Crippen LogP contribution in [0.1, 0.15) is 11.1 Å². The first-order valence-electron chi connectivity index (χ1n) is 10.1. The van der Waals surface area contributed by atoms with Crippen LogP contribution in [0.3, 0.4) is 0 Å². The van der Waals surface area contributed by atoms with Crippen LogP contribution in [0.4, 0.5) is 0 Å². The van der Waals surface area contributed by atoms with E-state index in [0.717, 1.165) is 23.0 Å². The molecule has 5 rings (SSSR count). The number of aromatic nitrogens is 1. The second-order valence-electron chi connectivity index (χ2n) is 7.45. The fourth-order valence-electron chi connectivity index (χ4n) is 4.06. The van der Waals surface area contributed by atoms with E-state index in [0.29, 0.717) is 15.8 Å². The van der Waals surface area contributed by atoms with Gasteiger partial charge >= 0.3 is 0 Å². The Morgan fingerprint density at radius 2 is 1.71 bits per heavy atom. The highest BCUT2D eigenvalue weighted by Gasteiger charge is 2.31. The fourth-order valence-corrected chi connectivity index (χ4v) is 5.33. The summed E-state index contributed by atoms with van der Waals surface area (Å²) in [5.41, 5.74) is 3.43. The molecule has 3 nitrogen and oxygen atoms in total. The van der Waals surface area contributed by atoms with E-state index in [9.17, 15) is 4.79 Å². The highest BCUT2D eigenvalue weighted by atomic mass is 32.2. The van der Waals surface area contributed by atoms with Gasteiger partial charge in [-0.3, -0.25) is 9.69 Å². The van der Waals surface area contributed by atoms with Crippen molar-refractivity contribution in [3.63, 3.8) is 0 Å². The molecule has 1 aliphatic rings. The molecule has 1 aliphatic heterocycles. The fraction of sp³-hybridized carbons (Fsp3) is 0.0769. The number of rotatable bonds is 5. The van der Waals surface area contributed by atoms with Crippen molar-refractivity contribution in [2.24, 2.45) is 0 Å². The van der Waals surface area contributed by atoms with Gasteiger partial charge in [-0.25, -0.2) is 0 Å². The number of amides is 1. The van der Waals surface area contributed by atoms with Crippen LogP contribution in [0, 0.1) is 0 Å². The average molecular weight is 441 g/mol. The Morgan fingerprint density at radius 3 is 2.55 bits per heavy atom. The van der Waals surface area contributed by atoms with E-state index in [-0.39, 0.29) is 5.91 Å². The first-order valence-corrected chi connectivity index (χ1v) is 11.3. The number of thiocarbonyl (C=S) groups is 1. The standard InChI is InChI=1S/C26H20N2OS2/c1-2-14-28-25(29)24(31-26(28)30)15-20-17-27(23-13-6-5-12-22(20)23)16-19-10-7-9-18-8-3-4-11-21(18)19/h2-13,15,17H,1,14,16H2/b24-15-. The van der Waals surface area contributed by atoms with Crippen LogP contribution < -0.4 is 0 Å². The van der Waals surface area contributed by atoms with Crippen LogP contribution in [0.5, 0.6) is 0 Å². The van der Waals surface area contributed by atoms with Crippen molar-refractivity contribution in [3.8, 4) is 0 Å². The van der Waals surface area contributed by atoms with Crippen molar-refractivity contribution in [2.45, 2.75) is 6.54 Å². The molecule has 1 amide bonds. The normalized spacial score (nSPS) is 15.5. The predicted octanol–water partition coefficient (Wildman–Crippen LogP) is 6.23. The number of hydrogen-bond acceptors (Lipinski definition) is 3. The molecule has 0 unspecified atom stereocenters. The summed E-state index contributed by atoms with van der Waals surface area (Å²) in [6.07, 6.45) is 5.79. The molecule has 5 heteroatoms. The summed E-state index contributed by atoms with van der Waals surface area (Å²) in [6, 6.07) is 23.2. The lowest BCUT2D eigenvalue weighted by Gasteiger charge is -2.10. The first kappa shape index (κ1) is 19.8. The van der Waals surface area contributed by atoms with Crippen molar-refractivity contribution in [3.05, 3.63) is 102 Å². The Hall–Kier alpha value is -3.15. The van der Waals surface area contributed by atoms with Crippen LogP contribution in [0.15, 0.2) is 90.5 Å². The highest BCUT2D eigenvalue weighted by Crippen LogP contribution is 2.34. The zero-order chi connectivity index (χ0) is 21.4. The van der Waals surface area contributed by atoms with E-state index in [1.54, 1.807) is 11.0 Å². The average Bonchev–Trinajstić information content (AvgIpc) is 3.26. The minimum atomic E-state index is -0.0548. The van der Waals surface area contributed by atoms with Crippen molar-refractivity contribution in [1.29, 1.82) is 0 Å². The number of hydrogen-bond donors (Lipinski definition) is 0. The van der Waals surface area contributed by atoms with Crippen LogP contribution >= 0.6 is 24.0 Å². The molecule has 1 aromatic heterocycles. The largest absolute Gasteiger partial charge is 0.342 e. The van der Waals surface area contributed by atoms with Gasteiger partial charge in [0.05, 0.1) is 4.91 Å². The first-order chi connectivity index (χ1) is 15.2. The number of para-hydroxylation sites is 1. The lowest BCUT2D eigenvalue weighted by molar-refractivity contribution is -0.121. The molecule has 0 bridgehead atoms. The molecule has 0 spiro atoms. The van der Waals surface area contributed by atoms with E-state index in [2.05, 4.69) is 78.0 Å². The molecular weight excluding hydrogens is 420 g/mol. The van der Waals surface area contributed by atoms with E-state index in [4.69, 9.17) is 12.2 Å². The van der Waals surface area contributed by atoms with Gasteiger partial charge in [0.1, 0.15) is 4.32 Å². The summed E-state index contributed by atoms with van der Waals surface area (Å²) < 4.78 is 2.84. The molecule has 2 heterocycles. The summed E-state index contributed by atoms with van der Waals surface area (Å²) in [7, 11) is 0. The summed E-state index contributed by atoms with van der Waals surface area (Å²) in [5, 5.41) is 3.62. The molecule has 3 aromatic carbocycles. The Bertz CT molecular complexity index is 1380. The third kappa shape index (κ3) is 3.60. The van der Waals surface area contributed by atoms with E-state index in [1.165, 1.54) is 28.1 Å². The van der Waals surface area contributed by atoms with Gasteiger partial charge in [-0.05, 0) is 28.5 Å². The van der Waals surface area contributed by atoms with Crippen LogP contribution in [0.2, 0.25) is 0 Å². The molecule has 0 N–H and O–H groups in total. The number of carbonyl (C=O) groups is 1. The maximum Gasteiger partial charge on any atom is 0.266 e. The van der Waals surface area contributed by atoms with E-state index < -0.39 is 0 Å². The van der Waals surface area contributed by atoms with E-state index >= 15 is 0 Å². The molecule has 152 valence electrons. The number of carbonyl (C=O) groups excluding carboxylic acids is 1. The number of nitrogens with zero attached hydrogens (tertiary/aromatic N) is 2. The minimum absolute atomic E-state index is 0.0548. The Kier molecular flexibility index (Phi) is 5.22. The van der Waals surface area contributed by atoms with Crippen LogP contribution in [0.25, 0.3) is 27.8 Å². The third-order valence-electron chi connectivity index (χ3n) is 5.51. The molecular formula is C26H20N2OS2. The van der Waals surface area contributed by atoms with Crippen molar-refractivity contribution >= 4 is 62.0 Å². The van der Waals surface area contributed by atoms with Crippen molar-refractivity contribution < 1.29 is 4.79 Å². The summed E-state index contributed by atoms with van der Waals surface area (Å²) in [5.74, 6) is -0.0548. The van der Waals surface area contributed by atoms with Gasteiger partial charge in [-0.2, -0.15) is 0 Å². The molecule has 0 aliphatic carbocycles. The van der Waals surface area contributed by atoms with Gasteiger partial charge in [0.25, 0.3) is 5.91 Å². The Morgan fingerprint density at radius 1 is 0.968 bits per heavy atom. The minimum Gasteiger partial charge on any atom is -0.342 e. The number of benzene rings is 3. The molecule has 0 atom stereocenters. The van der Waals surface area contributed by atoms with Crippen LogP contribution in [-0.4, -0.2) is 26.2 Å². The van der Waals surface area contributed by atoms with Crippen LogP contribution in [-0.2, 0) is 11.3 Å². The van der Waals surface area contributed by atoms with Gasteiger partial charge < -0.3 is 4.57 Å². The topological polar surface area (TPSA) is 25.2 Å². The third-order valence-corrected chi connectivity index (χ3v) is 6.89. The van der Waals surface area contributed by atoms with E-state index in [1.807, 2.05) is 12.1 Å². The molecule has 4 aromatic rings. The van der Waals surface area contributed by atoms with Gasteiger partial charge in [0.2, 0.25) is 0 Å². The summed E-state index contributed by atoms with van der Waals surface area (Å²) >= 11 is 6.74.